The van der Waals surface area contributed by atoms with Gasteiger partial charge >= 0.3 is 0 Å². The van der Waals surface area contributed by atoms with Gasteiger partial charge in [-0.1, -0.05) is 0 Å². The molecule has 4 rings (SSSR count). The molecule has 0 radical (unpaired) electrons. The lowest BCUT2D eigenvalue weighted by Gasteiger charge is -2.26. The Kier molecular flexibility index (Phi) is 5.49. The Labute approximate surface area is 181 Å². The maximum absolute atomic E-state index is 15.1. The number of carbonyl (C=O) groups excluding carboxylic acids is 1. The Morgan fingerprint density at radius 2 is 2.00 bits per heavy atom. The first-order valence-corrected chi connectivity index (χ1v) is 10.3. The molecule has 1 aliphatic heterocycles. The van der Waals surface area contributed by atoms with E-state index < -0.39 is 5.91 Å². The molecular weight excluding hydrogens is 395 g/mol. The summed E-state index contributed by atoms with van der Waals surface area (Å²) in [7, 11) is 5.93. The molecule has 1 aromatic heterocycles. The summed E-state index contributed by atoms with van der Waals surface area (Å²) in [6.07, 6.45) is 3.94. The zero-order chi connectivity index (χ0) is 22.3. The summed E-state index contributed by atoms with van der Waals surface area (Å²) >= 11 is 0. The van der Waals surface area contributed by atoms with Gasteiger partial charge in [0.25, 0.3) is 5.91 Å². The molecule has 0 fully saturated rings. The zero-order valence-electron chi connectivity index (χ0n) is 18.3. The number of imidazole rings is 1. The summed E-state index contributed by atoms with van der Waals surface area (Å²) in [6.45, 7) is 4.11. The normalized spacial score (nSPS) is 12.7. The molecule has 8 heteroatoms. The van der Waals surface area contributed by atoms with Crippen molar-refractivity contribution >= 4 is 34.5 Å². The number of hydrogen-bond acceptors (Lipinski definition) is 5. The fourth-order valence-electron chi connectivity index (χ4n) is 4.11. The van der Waals surface area contributed by atoms with E-state index in [0.717, 1.165) is 23.4 Å². The van der Waals surface area contributed by atoms with Crippen LogP contribution >= 0.6 is 0 Å². The lowest BCUT2D eigenvalue weighted by atomic mass is 9.93. The molecule has 2 N–H and O–H groups in total. The molecule has 0 bridgehead atoms. The van der Waals surface area contributed by atoms with Crippen LogP contribution in [0.5, 0.6) is 0 Å². The number of carbonyl (C=O) groups is 1. The highest BCUT2D eigenvalue weighted by molar-refractivity contribution is 6.06. The van der Waals surface area contributed by atoms with Crippen molar-refractivity contribution in [2.45, 2.75) is 19.9 Å². The Balaban J connectivity index is 1.91. The molecule has 1 aliphatic rings. The van der Waals surface area contributed by atoms with Crippen LogP contribution in [0.25, 0.3) is 22.2 Å². The number of nitrogens with zero attached hydrogens (tertiary/aromatic N) is 5. The van der Waals surface area contributed by atoms with Crippen molar-refractivity contribution in [1.82, 2.24) is 14.5 Å². The molecule has 162 valence electrons. The van der Waals surface area contributed by atoms with Crippen molar-refractivity contribution in [2.24, 2.45) is 10.7 Å². The number of aliphatic imine (C=N–C) groups is 1. The first kappa shape index (κ1) is 21.0. The molecule has 0 saturated heterocycles. The van der Waals surface area contributed by atoms with Gasteiger partial charge in [0.15, 0.2) is 0 Å². The van der Waals surface area contributed by atoms with E-state index in [2.05, 4.69) is 14.9 Å². The van der Waals surface area contributed by atoms with E-state index in [0.29, 0.717) is 47.4 Å². The fourth-order valence-corrected chi connectivity index (χ4v) is 4.11. The van der Waals surface area contributed by atoms with Gasteiger partial charge in [0.05, 0.1) is 28.8 Å². The van der Waals surface area contributed by atoms with E-state index in [1.54, 1.807) is 17.1 Å². The van der Waals surface area contributed by atoms with Gasteiger partial charge in [-0.15, -0.1) is 0 Å². The van der Waals surface area contributed by atoms with Gasteiger partial charge in [0.2, 0.25) is 0 Å². The van der Waals surface area contributed by atoms with Gasteiger partial charge < -0.3 is 20.1 Å². The van der Waals surface area contributed by atoms with Crippen molar-refractivity contribution in [2.75, 3.05) is 39.1 Å². The predicted molar refractivity (Wildman–Crippen MR) is 123 cm³/mol. The van der Waals surface area contributed by atoms with Crippen LogP contribution in [-0.2, 0) is 13.0 Å². The number of halogens is 1. The molecule has 1 amide bonds. The third-order valence-electron chi connectivity index (χ3n) is 5.75. The summed E-state index contributed by atoms with van der Waals surface area (Å²) < 4.78 is 16.8. The van der Waals surface area contributed by atoms with Crippen LogP contribution in [0.4, 0.5) is 15.8 Å². The van der Waals surface area contributed by atoms with Crippen molar-refractivity contribution in [3.63, 3.8) is 0 Å². The molecule has 31 heavy (non-hydrogen) atoms. The van der Waals surface area contributed by atoms with Crippen LogP contribution in [-0.4, -0.2) is 60.8 Å². The SMILES string of the molecule is CCn1cnc2cc(-c3cc(N(C)CCN(C)C)c(C(N)=O)c4c3N=CC4)cc(F)c21. The molecule has 3 aromatic rings. The Bertz CT molecular complexity index is 1200. The van der Waals surface area contributed by atoms with Crippen LogP contribution in [0.3, 0.4) is 0 Å². The number of anilines is 1. The van der Waals surface area contributed by atoms with Crippen LogP contribution in [0.2, 0.25) is 0 Å². The molecule has 2 heterocycles. The van der Waals surface area contributed by atoms with Gasteiger partial charge in [-0.25, -0.2) is 9.37 Å². The molecule has 0 saturated carbocycles. The minimum absolute atomic E-state index is 0.330. The average Bonchev–Trinajstić information content (AvgIpc) is 3.37. The quantitative estimate of drug-likeness (QED) is 0.634. The summed E-state index contributed by atoms with van der Waals surface area (Å²) in [6, 6.07) is 5.30. The number of amides is 1. The number of hydrogen-bond donors (Lipinski definition) is 1. The molecule has 0 atom stereocenters. The Morgan fingerprint density at radius 1 is 1.23 bits per heavy atom. The standard InChI is InChI=1S/C23H27FN6O/c1-5-30-13-27-18-11-14(10-17(24)22(18)30)16-12-19(29(4)9-8-28(2)3)20(23(25)31)15-6-7-26-21(15)16/h7,10-13H,5-6,8-9H2,1-4H3,(H2,25,31). The van der Waals surface area contributed by atoms with E-state index in [1.165, 1.54) is 6.07 Å². The maximum atomic E-state index is 15.1. The molecule has 7 nitrogen and oxygen atoms in total. The number of fused-ring (bicyclic) bond motifs is 2. The van der Waals surface area contributed by atoms with E-state index >= 15 is 4.39 Å². The average molecular weight is 423 g/mol. The third kappa shape index (κ3) is 3.67. The number of aromatic nitrogens is 2. The second kappa shape index (κ2) is 8.11. The van der Waals surface area contributed by atoms with Crippen molar-refractivity contribution in [1.29, 1.82) is 0 Å². The number of rotatable bonds is 7. The highest BCUT2D eigenvalue weighted by atomic mass is 19.1. The number of likely N-dealkylation sites (N-methyl/N-ethyl adjacent to an activating group) is 2. The summed E-state index contributed by atoms with van der Waals surface area (Å²) in [5.41, 5.74) is 11.0. The second-order valence-electron chi connectivity index (χ2n) is 8.11. The first-order chi connectivity index (χ1) is 14.8. The summed E-state index contributed by atoms with van der Waals surface area (Å²) in [5, 5.41) is 0. The molecule has 0 spiro atoms. The third-order valence-corrected chi connectivity index (χ3v) is 5.75. The monoisotopic (exact) mass is 422 g/mol. The smallest absolute Gasteiger partial charge is 0.251 e. The number of nitrogens with two attached hydrogens (primary N) is 1. The second-order valence-corrected chi connectivity index (χ2v) is 8.11. The van der Waals surface area contributed by atoms with Crippen LogP contribution < -0.4 is 10.6 Å². The minimum Gasteiger partial charge on any atom is -0.373 e. The van der Waals surface area contributed by atoms with Crippen molar-refractivity contribution in [3.05, 3.63) is 41.5 Å². The van der Waals surface area contributed by atoms with E-state index in [-0.39, 0.29) is 5.82 Å². The minimum atomic E-state index is -0.483. The highest BCUT2D eigenvalue weighted by Crippen LogP contribution is 2.43. The zero-order valence-corrected chi connectivity index (χ0v) is 18.3. The summed E-state index contributed by atoms with van der Waals surface area (Å²) in [5.74, 6) is -0.813. The van der Waals surface area contributed by atoms with E-state index in [4.69, 9.17) is 5.73 Å². The number of primary amides is 1. The first-order valence-electron chi connectivity index (χ1n) is 10.3. The predicted octanol–water partition coefficient (Wildman–Crippen LogP) is 3.22. The Morgan fingerprint density at radius 3 is 2.68 bits per heavy atom. The van der Waals surface area contributed by atoms with Gasteiger partial charge in [0, 0.05) is 44.9 Å². The lowest BCUT2D eigenvalue weighted by Crippen LogP contribution is -2.30. The lowest BCUT2D eigenvalue weighted by molar-refractivity contribution is 0.1000. The molecule has 2 aromatic carbocycles. The van der Waals surface area contributed by atoms with E-state index in [1.807, 2.05) is 45.1 Å². The van der Waals surface area contributed by atoms with Gasteiger partial charge in [-0.2, -0.15) is 0 Å². The molecule has 0 unspecified atom stereocenters. The molecule has 0 aliphatic carbocycles. The molecular formula is C23H27FN6O. The topological polar surface area (TPSA) is 79.8 Å². The van der Waals surface area contributed by atoms with Crippen LogP contribution in [0, 0.1) is 5.82 Å². The number of aryl methyl sites for hydroxylation is 1. The van der Waals surface area contributed by atoms with Crippen molar-refractivity contribution in [3.8, 4) is 11.1 Å². The highest BCUT2D eigenvalue weighted by Gasteiger charge is 2.26. The van der Waals surface area contributed by atoms with Crippen LogP contribution in [0.15, 0.2) is 29.5 Å². The maximum Gasteiger partial charge on any atom is 0.251 e. The summed E-state index contributed by atoms with van der Waals surface area (Å²) in [4.78, 5) is 25.4. The van der Waals surface area contributed by atoms with E-state index in [9.17, 15) is 4.79 Å². The van der Waals surface area contributed by atoms with Gasteiger partial charge in [-0.05, 0) is 50.3 Å². The fraction of sp³-hybridized carbons (Fsp3) is 0.348. The number of benzene rings is 2. The van der Waals surface area contributed by atoms with Crippen LogP contribution in [0.1, 0.15) is 22.8 Å². The van der Waals surface area contributed by atoms with Gasteiger partial charge in [-0.3, -0.25) is 9.79 Å². The largest absolute Gasteiger partial charge is 0.373 e. The van der Waals surface area contributed by atoms with Gasteiger partial charge in [0.1, 0.15) is 11.3 Å². The Hall–Kier alpha value is -3.26. The van der Waals surface area contributed by atoms with Crippen molar-refractivity contribution < 1.29 is 9.18 Å².